The van der Waals surface area contributed by atoms with Crippen molar-refractivity contribution >= 4 is 21.6 Å². The second-order valence-electron chi connectivity index (χ2n) is 6.32. The smallest absolute Gasteiger partial charge is 0.283 e. The number of anilines is 1. The molecule has 1 atom stereocenters. The van der Waals surface area contributed by atoms with Gasteiger partial charge < -0.3 is 11.1 Å². The van der Waals surface area contributed by atoms with E-state index in [0.29, 0.717) is 22.9 Å². The van der Waals surface area contributed by atoms with Crippen LogP contribution in [0.2, 0.25) is 0 Å². The minimum atomic E-state index is -0.153. The van der Waals surface area contributed by atoms with Crippen LogP contribution in [0.4, 0.5) is 5.69 Å². The number of hydrogen-bond donors (Lipinski definition) is 2. The van der Waals surface area contributed by atoms with Crippen LogP contribution in [-0.2, 0) is 6.54 Å². The highest BCUT2D eigenvalue weighted by atomic mass is 79.9. The minimum absolute atomic E-state index is 0.0583. The molecule has 2 saturated carbocycles. The zero-order valence-corrected chi connectivity index (χ0v) is 13.3. The fourth-order valence-corrected chi connectivity index (χ4v) is 2.98. The van der Waals surface area contributed by atoms with E-state index in [1.807, 2.05) is 0 Å². The molecule has 0 radical (unpaired) electrons. The Kier molecular flexibility index (Phi) is 3.62. The van der Waals surface area contributed by atoms with Crippen LogP contribution < -0.4 is 16.6 Å². The van der Waals surface area contributed by atoms with Gasteiger partial charge in [0.2, 0.25) is 0 Å². The van der Waals surface area contributed by atoms with Gasteiger partial charge in [0.25, 0.3) is 5.56 Å². The third-order valence-electron chi connectivity index (χ3n) is 4.44. The van der Waals surface area contributed by atoms with E-state index >= 15 is 0 Å². The number of hydrogen-bond acceptors (Lipinski definition) is 4. The van der Waals surface area contributed by atoms with Crippen molar-refractivity contribution < 1.29 is 0 Å². The number of nitrogens with one attached hydrogen (secondary N) is 1. The topological polar surface area (TPSA) is 72.9 Å². The van der Waals surface area contributed by atoms with Crippen LogP contribution in [0.25, 0.3) is 0 Å². The molecule has 0 amide bonds. The summed E-state index contributed by atoms with van der Waals surface area (Å²) in [4.78, 5) is 12.3. The first-order valence-corrected chi connectivity index (χ1v) is 8.06. The van der Waals surface area contributed by atoms with E-state index in [4.69, 9.17) is 5.73 Å². The summed E-state index contributed by atoms with van der Waals surface area (Å²) < 4.78 is 2.12. The Morgan fingerprint density at radius 3 is 2.75 bits per heavy atom. The predicted molar refractivity (Wildman–Crippen MR) is 82.7 cm³/mol. The maximum atomic E-state index is 12.3. The third-order valence-corrected chi connectivity index (χ3v) is 5.20. The molecule has 3 N–H and O–H groups in total. The number of nitrogens with two attached hydrogens (primary N) is 1. The van der Waals surface area contributed by atoms with Crippen molar-refractivity contribution in [1.82, 2.24) is 9.78 Å². The fourth-order valence-electron chi connectivity index (χ4n) is 2.58. The first-order chi connectivity index (χ1) is 9.53. The van der Waals surface area contributed by atoms with Gasteiger partial charge in [-0.3, -0.25) is 4.79 Å². The van der Waals surface area contributed by atoms with Crippen LogP contribution >= 0.6 is 15.9 Å². The molecule has 0 aromatic carbocycles. The van der Waals surface area contributed by atoms with Gasteiger partial charge in [0, 0.05) is 18.6 Å². The summed E-state index contributed by atoms with van der Waals surface area (Å²) in [6, 6.07) is 0. The lowest BCUT2D eigenvalue weighted by Crippen LogP contribution is -2.45. The van der Waals surface area contributed by atoms with Crippen molar-refractivity contribution in [3.05, 3.63) is 21.0 Å². The Hall–Kier alpha value is -0.880. The Morgan fingerprint density at radius 2 is 2.20 bits per heavy atom. The summed E-state index contributed by atoms with van der Waals surface area (Å²) in [6.07, 6.45) is 6.55. The van der Waals surface area contributed by atoms with Gasteiger partial charge in [0.15, 0.2) is 0 Å². The molecular formula is C14H21BrN4O. The molecule has 2 aliphatic carbocycles. The zero-order chi connectivity index (χ0) is 14.3. The van der Waals surface area contributed by atoms with Crippen LogP contribution in [0, 0.1) is 11.8 Å². The molecular weight excluding hydrogens is 320 g/mol. The van der Waals surface area contributed by atoms with Gasteiger partial charge in [0.1, 0.15) is 4.47 Å². The molecule has 0 bridgehead atoms. The van der Waals surface area contributed by atoms with Crippen molar-refractivity contribution in [2.75, 3.05) is 11.9 Å². The van der Waals surface area contributed by atoms with Crippen molar-refractivity contribution in [3.63, 3.8) is 0 Å². The van der Waals surface area contributed by atoms with Gasteiger partial charge in [0.05, 0.1) is 11.9 Å². The first-order valence-electron chi connectivity index (χ1n) is 7.27. The molecule has 0 spiro atoms. The molecule has 1 aromatic heterocycles. The largest absolute Gasteiger partial charge is 0.376 e. The van der Waals surface area contributed by atoms with Crippen molar-refractivity contribution in [2.24, 2.45) is 17.6 Å². The molecule has 1 aromatic rings. The SMILES string of the molecule is CC(CN)(Nc1cnn(CC2CC2)c(=O)c1Br)C1CC1. The Balaban J connectivity index is 1.82. The van der Waals surface area contributed by atoms with Gasteiger partial charge in [-0.25, -0.2) is 4.68 Å². The van der Waals surface area contributed by atoms with Gasteiger partial charge in [-0.2, -0.15) is 5.10 Å². The number of rotatable bonds is 6. The highest BCUT2D eigenvalue weighted by Crippen LogP contribution is 2.41. The predicted octanol–water partition coefficient (Wildman–Crippen LogP) is 1.96. The van der Waals surface area contributed by atoms with Crippen molar-refractivity contribution in [2.45, 2.75) is 44.7 Å². The van der Waals surface area contributed by atoms with E-state index < -0.39 is 0 Å². The molecule has 1 unspecified atom stereocenters. The first kappa shape index (κ1) is 14.1. The summed E-state index contributed by atoms with van der Waals surface area (Å²) in [6.45, 7) is 3.40. The van der Waals surface area contributed by atoms with Gasteiger partial charge in [-0.05, 0) is 60.4 Å². The highest BCUT2D eigenvalue weighted by molar-refractivity contribution is 9.10. The molecule has 20 heavy (non-hydrogen) atoms. The van der Waals surface area contributed by atoms with E-state index in [-0.39, 0.29) is 11.1 Å². The summed E-state index contributed by atoms with van der Waals surface area (Å²) in [5, 5.41) is 7.71. The van der Waals surface area contributed by atoms with Crippen LogP contribution in [0.15, 0.2) is 15.5 Å². The van der Waals surface area contributed by atoms with Gasteiger partial charge in [-0.15, -0.1) is 0 Å². The molecule has 3 rings (SSSR count). The van der Waals surface area contributed by atoms with Gasteiger partial charge >= 0.3 is 0 Å². The molecule has 2 aliphatic rings. The quantitative estimate of drug-likeness (QED) is 0.830. The van der Waals surface area contributed by atoms with Crippen LogP contribution in [0.5, 0.6) is 0 Å². The maximum Gasteiger partial charge on any atom is 0.283 e. The van der Waals surface area contributed by atoms with Crippen LogP contribution in [0.3, 0.4) is 0 Å². The third kappa shape index (κ3) is 2.76. The Bertz CT molecular complexity index is 565. The monoisotopic (exact) mass is 340 g/mol. The average molecular weight is 341 g/mol. The summed E-state index contributed by atoms with van der Waals surface area (Å²) in [7, 11) is 0. The van der Waals surface area contributed by atoms with Gasteiger partial charge in [-0.1, -0.05) is 0 Å². The van der Waals surface area contributed by atoms with Crippen LogP contribution in [0.1, 0.15) is 32.6 Å². The summed E-state index contributed by atoms with van der Waals surface area (Å²) >= 11 is 3.42. The minimum Gasteiger partial charge on any atom is -0.376 e. The zero-order valence-electron chi connectivity index (χ0n) is 11.7. The maximum absolute atomic E-state index is 12.3. The number of aromatic nitrogens is 2. The normalized spacial score (nSPS) is 21.6. The molecule has 110 valence electrons. The average Bonchev–Trinajstić information content (AvgIpc) is 3.29. The summed E-state index contributed by atoms with van der Waals surface area (Å²) in [5.41, 5.74) is 6.45. The lowest BCUT2D eigenvalue weighted by Gasteiger charge is -2.31. The lowest BCUT2D eigenvalue weighted by molar-refractivity contribution is 0.457. The highest BCUT2D eigenvalue weighted by Gasteiger charge is 2.41. The standard InChI is InChI=1S/C14H21BrN4O/c1-14(8-16,10-4-5-10)18-11-6-17-19(7-9-2-3-9)13(20)12(11)15/h6,9-10,18H,2-5,7-8,16H2,1H3. The van der Waals surface area contributed by atoms with Crippen molar-refractivity contribution in [1.29, 1.82) is 0 Å². The van der Waals surface area contributed by atoms with Crippen LogP contribution in [-0.4, -0.2) is 21.9 Å². The molecule has 2 fully saturated rings. The number of halogens is 1. The molecule has 1 heterocycles. The van der Waals surface area contributed by atoms with E-state index in [1.54, 1.807) is 10.9 Å². The Labute approximate surface area is 127 Å². The summed E-state index contributed by atoms with van der Waals surface area (Å²) in [5.74, 6) is 1.22. The number of nitrogens with zero attached hydrogens (tertiary/aromatic N) is 2. The molecule has 0 saturated heterocycles. The van der Waals surface area contributed by atoms with Crippen molar-refractivity contribution in [3.8, 4) is 0 Å². The second-order valence-corrected chi connectivity index (χ2v) is 7.12. The Morgan fingerprint density at radius 1 is 1.50 bits per heavy atom. The van der Waals surface area contributed by atoms with E-state index in [1.165, 1.54) is 25.7 Å². The van der Waals surface area contributed by atoms with E-state index in [0.717, 1.165) is 12.2 Å². The molecule has 0 aliphatic heterocycles. The lowest BCUT2D eigenvalue weighted by atomic mass is 9.96. The van der Waals surface area contributed by atoms with E-state index in [9.17, 15) is 4.79 Å². The molecule has 6 heteroatoms. The fraction of sp³-hybridized carbons (Fsp3) is 0.714. The van der Waals surface area contributed by atoms with E-state index in [2.05, 4.69) is 33.3 Å². The second kappa shape index (κ2) is 5.15. The molecule has 5 nitrogen and oxygen atoms in total.